The zero-order chi connectivity index (χ0) is 11.2. The number of aliphatic hydroxyl groups excluding tert-OH is 1. The molecule has 1 aliphatic rings. The van der Waals surface area contributed by atoms with Crippen LogP contribution in [0.3, 0.4) is 0 Å². The first-order chi connectivity index (χ1) is 7.86. The van der Waals surface area contributed by atoms with Gasteiger partial charge >= 0.3 is 0 Å². The highest BCUT2D eigenvalue weighted by molar-refractivity contribution is 5.21. The Morgan fingerprint density at radius 3 is 2.81 bits per heavy atom. The van der Waals surface area contributed by atoms with Gasteiger partial charge in [-0.1, -0.05) is 18.2 Å². The van der Waals surface area contributed by atoms with Crippen molar-refractivity contribution in [3.8, 4) is 5.75 Å². The van der Waals surface area contributed by atoms with E-state index in [1.807, 2.05) is 30.3 Å². The fraction of sp³-hybridized carbons (Fsp3) is 0.385. The van der Waals surface area contributed by atoms with E-state index in [1.165, 1.54) is 0 Å². The molecule has 0 saturated heterocycles. The fourth-order valence-electron chi connectivity index (χ4n) is 1.63. The molecular weight excluding hydrogens is 204 g/mol. The van der Waals surface area contributed by atoms with Crippen LogP contribution in [0.1, 0.15) is 12.8 Å². The molecule has 1 unspecified atom stereocenters. The highest BCUT2D eigenvalue weighted by Gasteiger charge is 2.14. The van der Waals surface area contributed by atoms with Crippen molar-refractivity contribution in [2.75, 3.05) is 13.2 Å². The molecule has 1 N–H and O–H groups in total. The van der Waals surface area contributed by atoms with Crippen molar-refractivity contribution in [2.45, 2.75) is 18.9 Å². The van der Waals surface area contributed by atoms with Crippen molar-refractivity contribution in [3.63, 3.8) is 0 Å². The lowest BCUT2D eigenvalue weighted by Gasteiger charge is -2.19. The van der Waals surface area contributed by atoms with Crippen LogP contribution in [0.2, 0.25) is 0 Å². The summed E-state index contributed by atoms with van der Waals surface area (Å²) in [5.74, 6) is 0.777. The van der Waals surface area contributed by atoms with Crippen LogP contribution in [0.4, 0.5) is 0 Å². The predicted molar refractivity (Wildman–Crippen MR) is 61.2 cm³/mol. The number of ether oxygens (including phenoxy) is 2. The lowest BCUT2D eigenvalue weighted by Crippen LogP contribution is -2.22. The van der Waals surface area contributed by atoms with Gasteiger partial charge in [-0.05, 0) is 30.5 Å². The third-order valence-electron chi connectivity index (χ3n) is 2.54. The van der Waals surface area contributed by atoms with Gasteiger partial charge in [-0.15, -0.1) is 0 Å². The normalized spacial score (nSPS) is 17.2. The largest absolute Gasteiger partial charge is 0.501 e. The van der Waals surface area contributed by atoms with E-state index in [4.69, 9.17) is 9.47 Å². The Morgan fingerprint density at radius 1 is 1.31 bits per heavy atom. The molecule has 16 heavy (non-hydrogen) atoms. The van der Waals surface area contributed by atoms with Gasteiger partial charge in [0.1, 0.15) is 18.5 Å². The van der Waals surface area contributed by atoms with E-state index in [9.17, 15) is 5.11 Å². The summed E-state index contributed by atoms with van der Waals surface area (Å²) in [5, 5.41) is 9.86. The lowest BCUT2D eigenvalue weighted by atomic mass is 10.1. The van der Waals surface area contributed by atoms with Crippen molar-refractivity contribution in [3.05, 3.63) is 42.2 Å². The molecule has 86 valence electrons. The molecular formula is C13H16O3. The summed E-state index contributed by atoms with van der Waals surface area (Å²) in [7, 11) is 0. The first-order valence-electron chi connectivity index (χ1n) is 5.53. The van der Waals surface area contributed by atoms with Crippen molar-refractivity contribution >= 4 is 0 Å². The topological polar surface area (TPSA) is 38.7 Å². The van der Waals surface area contributed by atoms with Gasteiger partial charge in [-0.2, -0.15) is 0 Å². The second-order valence-corrected chi connectivity index (χ2v) is 3.81. The van der Waals surface area contributed by atoms with E-state index < -0.39 is 6.10 Å². The van der Waals surface area contributed by atoms with E-state index >= 15 is 0 Å². The van der Waals surface area contributed by atoms with E-state index in [2.05, 4.69) is 0 Å². The minimum absolute atomic E-state index is 0.277. The molecule has 1 aromatic carbocycles. The molecule has 1 atom stereocenters. The molecule has 2 rings (SSSR count). The number of hydrogen-bond donors (Lipinski definition) is 1. The van der Waals surface area contributed by atoms with E-state index in [0.29, 0.717) is 0 Å². The molecule has 0 aromatic heterocycles. The monoisotopic (exact) mass is 220 g/mol. The maximum atomic E-state index is 9.86. The van der Waals surface area contributed by atoms with Gasteiger partial charge in [-0.3, -0.25) is 0 Å². The number of aliphatic hydroxyl groups is 1. The number of para-hydroxylation sites is 1. The molecule has 0 bridgehead atoms. The molecule has 1 aromatic rings. The van der Waals surface area contributed by atoms with Crippen LogP contribution in [0.15, 0.2) is 42.2 Å². The van der Waals surface area contributed by atoms with Crippen LogP contribution >= 0.6 is 0 Å². The Morgan fingerprint density at radius 2 is 2.12 bits per heavy atom. The quantitative estimate of drug-likeness (QED) is 0.844. The van der Waals surface area contributed by atoms with E-state index in [-0.39, 0.29) is 6.61 Å². The van der Waals surface area contributed by atoms with Gasteiger partial charge in [0, 0.05) is 0 Å². The molecule has 3 nitrogen and oxygen atoms in total. The Hall–Kier alpha value is -1.48. The molecule has 3 heteroatoms. The number of rotatable bonds is 4. The Labute approximate surface area is 95.3 Å². The summed E-state index contributed by atoms with van der Waals surface area (Å²) in [6.45, 7) is 1.02. The Kier molecular flexibility index (Phi) is 3.83. The van der Waals surface area contributed by atoms with E-state index in [1.54, 1.807) is 6.26 Å². The van der Waals surface area contributed by atoms with Gasteiger partial charge < -0.3 is 14.6 Å². The molecule has 0 spiro atoms. The summed E-state index contributed by atoms with van der Waals surface area (Å²) in [4.78, 5) is 0. The number of benzene rings is 1. The lowest BCUT2D eigenvalue weighted by molar-refractivity contribution is 0.118. The van der Waals surface area contributed by atoms with Gasteiger partial charge in [0.15, 0.2) is 0 Å². The van der Waals surface area contributed by atoms with Crippen LogP contribution in [-0.2, 0) is 4.74 Å². The van der Waals surface area contributed by atoms with Gasteiger partial charge in [0.05, 0.1) is 12.9 Å². The molecule has 1 heterocycles. The average molecular weight is 220 g/mol. The zero-order valence-corrected chi connectivity index (χ0v) is 9.13. The van der Waals surface area contributed by atoms with Crippen molar-refractivity contribution in [1.82, 2.24) is 0 Å². The SMILES string of the molecule is OC(COc1ccccc1)C1=COCCC1. The molecule has 0 radical (unpaired) electrons. The Balaban J connectivity index is 1.83. The minimum atomic E-state index is -0.569. The van der Waals surface area contributed by atoms with Gasteiger partial charge in [-0.25, -0.2) is 0 Å². The molecule has 0 amide bonds. The summed E-state index contributed by atoms with van der Waals surface area (Å²) < 4.78 is 10.7. The summed E-state index contributed by atoms with van der Waals surface area (Å²) in [5.41, 5.74) is 0.919. The van der Waals surface area contributed by atoms with Crippen LogP contribution < -0.4 is 4.74 Å². The Bertz CT molecular complexity index is 345. The van der Waals surface area contributed by atoms with Crippen LogP contribution in [0.5, 0.6) is 5.75 Å². The highest BCUT2D eigenvalue weighted by Crippen LogP contribution is 2.17. The third kappa shape index (κ3) is 3.00. The van der Waals surface area contributed by atoms with Crippen molar-refractivity contribution in [1.29, 1.82) is 0 Å². The molecule has 0 fully saturated rings. The van der Waals surface area contributed by atoms with Crippen molar-refractivity contribution < 1.29 is 14.6 Å². The average Bonchev–Trinajstić information content (AvgIpc) is 2.38. The fourth-order valence-corrected chi connectivity index (χ4v) is 1.63. The smallest absolute Gasteiger partial charge is 0.119 e. The van der Waals surface area contributed by atoms with Crippen LogP contribution in [0.25, 0.3) is 0 Å². The third-order valence-corrected chi connectivity index (χ3v) is 2.54. The maximum Gasteiger partial charge on any atom is 0.119 e. The second-order valence-electron chi connectivity index (χ2n) is 3.81. The first kappa shape index (κ1) is 11.0. The van der Waals surface area contributed by atoms with Crippen LogP contribution in [0, 0.1) is 0 Å². The standard InChI is InChI=1S/C13H16O3/c14-13(11-5-4-8-15-9-11)10-16-12-6-2-1-3-7-12/h1-3,6-7,9,13-14H,4-5,8,10H2. The van der Waals surface area contributed by atoms with Crippen LogP contribution in [-0.4, -0.2) is 24.4 Å². The predicted octanol–water partition coefficient (Wildman–Crippen LogP) is 2.12. The summed E-state index contributed by atoms with van der Waals surface area (Å²) in [6.07, 6.45) is 2.94. The molecule has 0 saturated carbocycles. The zero-order valence-electron chi connectivity index (χ0n) is 9.13. The summed E-state index contributed by atoms with van der Waals surface area (Å²) in [6, 6.07) is 9.49. The molecule has 1 aliphatic heterocycles. The van der Waals surface area contributed by atoms with Gasteiger partial charge in [0.2, 0.25) is 0 Å². The van der Waals surface area contributed by atoms with Gasteiger partial charge in [0.25, 0.3) is 0 Å². The minimum Gasteiger partial charge on any atom is -0.501 e. The number of hydrogen-bond acceptors (Lipinski definition) is 3. The van der Waals surface area contributed by atoms with E-state index in [0.717, 1.165) is 30.8 Å². The molecule has 0 aliphatic carbocycles. The maximum absolute atomic E-state index is 9.86. The summed E-state index contributed by atoms with van der Waals surface area (Å²) >= 11 is 0. The first-order valence-corrected chi connectivity index (χ1v) is 5.53. The highest BCUT2D eigenvalue weighted by atomic mass is 16.5. The van der Waals surface area contributed by atoms with Crippen molar-refractivity contribution in [2.24, 2.45) is 0 Å². The second kappa shape index (κ2) is 5.56.